The summed E-state index contributed by atoms with van der Waals surface area (Å²) in [4.78, 5) is 10.7. The van der Waals surface area contributed by atoms with Crippen LogP contribution in [-0.2, 0) is 4.79 Å². The molecule has 0 aromatic carbocycles. The quantitative estimate of drug-likeness (QED) is 0.716. The maximum absolute atomic E-state index is 13.7. The van der Waals surface area contributed by atoms with Gasteiger partial charge in [-0.15, -0.1) is 0 Å². The summed E-state index contributed by atoms with van der Waals surface area (Å²) < 4.78 is 13.7. The summed E-state index contributed by atoms with van der Waals surface area (Å²) in [5, 5.41) is 19.0. The number of carboxylic acids is 1. The van der Waals surface area contributed by atoms with Crippen LogP contribution < -0.4 is 0 Å². The van der Waals surface area contributed by atoms with Crippen LogP contribution in [0.1, 0.15) is 40.0 Å². The van der Waals surface area contributed by atoms with Gasteiger partial charge in [-0.05, 0) is 44.6 Å². The Bertz CT molecular complexity index is 320. The summed E-state index contributed by atoms with van der Waals surface area (Å²) in [5.74, 6) is -1.44. The summed E-state index contributed by atoms with van der Waals surface area (Å²) in [6.07, 6.45) is -0.607. The molecule has 3 nitrogen and oxygen atoms in total. The molecular formula is C12H19FO3. The van der Waals surface area contributed by atoms with E-state index in [1.807, 2.05) is 6.92 Å². The number of allylic oxidation sites excluding steroid dienone is 1. The number of aliphatic hydroxyl groups is 1. The predicted molar refractivity (Wildman–Crippen MR) is 58.9 cm³/mol. The van der Waals surface area contributed by atoms with Crippen molar-refractivity contribution in [1.29, 1.82) is 0 Å². The van der Waals surface area contributed by atoms with E-state index >= 15 is 0 Å². The summed E-state index contributed by atoms with van der Waals surface area (Å²) in [5.41, 5.74) is -0.443. The van der Waals surface area contributed by atoms with Crippen molar-refractivity contribution in [3.63, 3.8) is 0 Å². The Balaban J connectivity index is 3.12. The zero-order valence-electron chi connectivity index (χ0n) is 9.96. The lowest BCUT2D eigenvalue weighted by atomic mass is 9.71. The standard InChI is InChI=1S/C12H19FO3/c1-7(2)9-5-4-8(3)6-12(9,16)10(13)11(14)15/h8,10,16H,4-6H2,1-3H3,(H,14,15). The average molecular weight is 230 g/mol. The second-order valence-corrected chi connectivity index (χ2v) is 4.95. The number of aliphatic carboxylic acids is 1. The topological polar surface area (TPSA) is 57.5 Å². The molecule has 0 heterocycles. The fourth-order valence-electron chi connectivity index (χ4n) is 2.51. The Morgan fingerprint density at radius 2 is 2.12 bits per heavy atom. The van der Waals surface area contributed by atoms with E-state index in [9.17, 15) is 14.3 Å². The molecule has 0 amide bonds. The molecule has 0 saturated heterocycles. The maximum atomic E-state index is 13.7. The second-order valence-electron chi connectivity index (χ2n) is 4.95. The van der Waals surface area contributed by atoms with Crippen LogP contribution >= 0.6 is 0 Å². The number of rotatable bonds is 2. The van der Waals surface area contributed by atoms with E-state index in [1.54, 1.807) is 13.8 Å². The van der Waals surface area contributed by atoms with E-state index in [1.165, 1.54) is 0 Å². The Morgan fingerprint density at radius 3 is 2.56 bits per heavy atom. The Kier molecular flexibility index (Phi) is 3.73. The number of alkyl halides is 1. The first-order valence-electron chi connectivity index (χ1n) is 5.55. The summed E-state index contributed by atoms with van der Waals surface area (Å²) in [6, 6.07) is 0. The van der Waals surface area contributed by atoms with Crippen molar-refractivity contribution in [2.45, 2.75) is 51.8 Å². The van der Waals surface area contributed by atoms with Crippen LogP contribution in [0.3, 0.4) is 0 Å². The van der Waals surface area contributed by atoms with Gasteiger partial charge in [0, 0.05) is 0 Å². The van der Waals surface area contributed by atoms with Crippen LogP contribution in [0.15, 0.2) is 11.1 Å². The SMILES string of the molecule is CC(C)=C1CCC(C)CC1(O)C(F)C(=O)O. The molecule has 3 unspecified atom stereocenters. The molecule has 92 valence electrons. The van der Waals surface area contributed by atoms with E-state index in [0.29, 0.717) is 12.0 Å². The van der Waals surface area contributed by atoms with Crippen molar-refractivity contribution in [1.82, 2.24) is 0 Å². The first-order valence-corrected chi connectivity index (χ1v) is 5.55. The number of hydrogen-bond acceptors (Lipinski definition) is 2. The van der Waals surface area contributed by atoms with E-state index < -0.39 is 17.7 Å². The number of carbonyl (C=O) groups is 1. The first kappa shape index (κ1) is 13.2. The minimum Gasteiger partial charge on any atom is -0.479 e. The molecule has 1 aliphatic carbocycles. The third kappa shape index (κ3) is 2.26. The molecule has 1 saturated carbocycles. The molecule has 0 aliphatic heterocycles. The fourth-order valence-corrected chi connectivity index (χ4v) is 2.51. The van der Waals surface area contributed by atoms with E-state index in [2.05, 4.69) is 0 Å². The molecule has 3 atom stereocenters. The Labute approximate surface area is 95.0 Å². The van der Waals surface area contributed by atoms with E-state index in [-0.39, 0.29) is 12.3 Å². The summed E-state index contributed by atoms with van der Waals surface area (Å²) in [6.45, 7) is 5.47. The third-order valence-corrected chi connectivity index (χ3v) is 3.31. The van der Waals surface area contributed by atoms with Gasteiger partial charge in [-0.3, -0.25) is 0 Å². The summed E-state index contributed by atoms with van der Waals surface area (Å²) >= 11 is 0. The van der Waals surface area contributed by atoms with Gasteiger partial charge in [0.05, 0.1) is 0 Å². The molecule has 0 spiro atoms. The lowest BCUT2D eigenvalue weighted by molar-refractivity contribution is -0.153. The van der Waals surface area contributed by atoms with Gasteiger partial charge in [0.25, 0.3) is 0 Å². The first-order chi connectivity index (χ1) is 7.29. The van der Waals surface area contributed by atoms with Gasteiger partial charge in [-0.25, -0.2) is 9.18 Å². The lowest BCUT2D eigenvalue weighted by Gasteiger charge is -2.39. The summed E-state index contributed by atoms with van der Waals surface area (Å²) in [7, 11) is 0. The highest BCUT2D eigenvalue weighted by Crippen LogP contribution is 2.41. The minimum absolute atomic E-state index is 0.144. The van der Waals surface area contributed by atoms with Gasteiger partial charge in [0.2, 0.25) is 6.17 Å². The molecule has 4 heteroatoms. The molecule has 0 aromatic heterocycles. The minimum atomic E-state index is -2.24. The van der Waals surface area contributed by atoms with Crippen molar-refractivity contribution in [2.24, 2.45) is 5.92 Å². The van der Waals surface area contributed by atoms with Crippen LogP contribution in [0, 0.1) is 5.92 Å². The Morgan fingerprint density at radius 1 is 1.56 bits per heavy atom. The maximum Gasteiger partial charge on any atom is 0.341 e. The van der Waals surface area contributed by atoms with Gasteiger partial charge in [0.1, 0.15) is 5.60 Å². The molecule has 0 bridgehead atoms. The molecule has 2 N–H and O–H groups in total. The van der Waals surface area contributed by atoms with Crippen molar-refractivity contribution >= 4 is 5.97 Å². The molecule has 1 fully saturated rings. The van der Waals surface area contributed by atoms with Crippen molar-refractivity contribution in [2.75, 3.05) is 0 Å². The van der Waals surface area contributed by atoms with Crippen LogP contribution in [0.5, 0.6) is 0 Å². The van der Waals surface area contributed by atoms with E-state index in [4.69, 9.17) is 5.11 Å². The van der Waals surface area contributed by atoms with Crippen molar-refractivity contribution < 1.29 is 19.4 Å². The molecule has 1 aliphatic rings. The highest BCUT2D eigenvalue weighted by molar-refractivity contribution is 5.75. The van der Waals surface area contributed by atoms with Gasteiger partial charge >= 0.3 is 5.97 Å². The number of hydrogen-bond donors (Lipinski definition) is 2. The zero-order chi connectivity index (χ0) is 12.5. The van der Waals surface area contributed by atoms with Gasteiger partial charge in [-0.2, -0.15) is 0 Å². The van der Waals surface area contributed by atoms with Crippen LogP contribution in [0.25, 0.3) is 0 Å². The highest BCUT2D eigenvalue weighted by atomic mass is 19.1. The fraction of sp³-hybridized carbons (Fsp3) is 0.750. The second kappa shape index (κ2) is 4.53. The third-order valence-electron chi connectivity index (χ3n) is 3.31. The lowest BCUT2D eigenvalue weighted by Crippen LogP contribution is -2.49. The van der Waals surface area contributed by atoms with Crippen molar-refractivity contribution in [3.8, 4) is 0 Å². The number of carboxylic acid groups (broad SMARTS) is 1. The number of halogens is 1. The van der Waals surface area contributed by atoms with Gasteiger partial charge < -0.3 is 10.2 Å². The largest absolute Gasteiger partial charge is 0.479 e. The Hall–Kier alpha value is -0.900. The normalized spacial score (nSPS) is 32.3. The van der Waals surface area contributed by atoms with Crippen LogP contribution in [0.4, 0.5) is 4.39 Å². The smallest absolute Gasteiger partial charge is 0.341 e. The van der Waals surface area contributed by atoms with Crippen LogP contribution in [0.2, 0.25) is 0 Å². The molecule has 1 rings (SSSR count). The highest BCUT2D eigenvalue weighted by Gasteiger charge is 2.48. The zero-order valence-corrected chi connectivity index (χ0v) is 9.96. The van der Waals surface area contributed by atoms with Crippen LogP contribution in [-0.4, -0.2) is 28.0 Å². The van der Waals surface area contributed by atoms with Crippen molar-refractivity contribution in [3.05, 3.63) is 11.1 Å². The van der Waals surface area contributed by atoms with E-state index in [0.717, 1.165) is 12.0 Å². The predicted octanol–water partition coefficient (Wildman–Crippen LogP) is 2.30. The monoisotopic (exact) mass is 230 g/mol. The molecule has 16 heavy (non-hydrogen) atoms. The molecule has 0 radical (unpaired) electrons. The molecular weight excluding hydrogens is 211 g/mol. The van der Waals surface area contributed by atoms with Gasteiger partial charge in [0.15, 0.2) is 0 Å². The molecule has 0 aromatic rings. The average Bonchev–Trinajstić information content (AvgIpc) is 2.15. The van der Waals surface area contributed by atoms with Gasteiger partial charge in [-0.1, -0.05) is 12.5 Å².